The molecule has 108 valence electrons. The van der Waals surface area contributed by atoms with Crippen molar-refractivity contribution in [2.24, 2.45) is 5.92 Å². The zero-order valence-corrected chi connectivity index (χ0v) is 11.3. The second kappa shape index (κ2) is 5.56. The van der Waals surface area contributed by atoms with Gasteiger partial charge in [0.2, 0.25) is 6.79 Å². The van der Waals surface area contributed by atoms with Crippen molar-refractivity contribution in [3.8, 4) is 11.5 Å². The summed E-state index contributed by atoms with van der Waals surface area (Å²) in [5, 5.41) is 14.4. The van der Waals surface area contributed by atoms with Crippen LogP contribution in [0.5, 0.6) is 11.5 Å². The molecule has 6 heteroatoms. The first-order valence-electron chi connectivity index (χ1n) is 7.06. The molecule has 1 aromatic carbocycles. The van der Waals surface area contributed by atoms with Gasteiger partial charge in [-0.15, -0.1) is 0 Å². The molecule has 1 aromatic rings. The molecule has 0 spiro atoms. The fourth-order valence-electron chi connectivity index (χ4n) is 2.87. The summed E-state index contributed by atoms with van der Waals surface area (Å²) in [5.41, 5.74) is 0.565. The average molecular weight is 278 g/mol. The zero-order chi connectivity index (χ0) is 13.9. The maximum absolute atomic E-state index is 11.1. The zero-order valence-electron chi connectivity index (χ0n) is 11.3. The molecule has 0 bridgehead atoms. The monoisotopic (exact) mass is 278 g/mol. The smallest absolute Gasteiger partial charge is 0.296 e. The summed E-state index contributed by atoms with van der Waals surface area (Å²) < 4.78 is 10.5. The Morgan fingerprint density at radius 3 is 2.60 bits per heavy atom. The summed E-state index contributed by atoms with van der Waals surface area (Å²) in [6, 6.07) is 3.11. The topological polar surface area (TPSA) is 73.6 Å². The first-order chi connectivity index (χ1) is 9.74. The van der Waals surface area contributed by atoms with E-state index in [9.17, 15) is 10.1 Å². The molecule has 1 aliphatic heterocycles. The molecule has 0 atom stereocenters. The van der Waals surface area contributed by atoms with E-state index in [-0.39, 0.29) is 17.4 Å². The lowest BCUT2D eigenvalue weighted by Crippen LogP contribution is -2.17. The predicted octanol–water partition coefficient (Wildman–Crippen LogP) is 3.32. The maximum Gasteiger partial charge on any atom is 0.296 e. The first-order valence-corrected chi connectivity index (χ1v) is 7.06. The number of nitro groups is 1. The van der Waals surface area contributed by atoms with Gasteiger partial charge in [-0.3, -0.25) is 10.1 Å². The molecule has 20 heavy (non-hydrogen) atoms. The number of nitrogens with zero attached hydrogens (tertiary/aromatic N) is 1. The third-order valence-corrected chi connectivity index (χ3v) is 3.99. The number of hydrogen-bond acceptors (Lipinski definition) is 5. The van der Waals surface area contributed by atoms with E-state index in [1.807, 2.05) is 0 Å². The molecule has 2 aliphatic rings. The Morgan fingerprint density at radius 2 is 1.90 bits per heavy atom. The number of fused-ring (bicyclic) bond motifs is 1. The summed E-state index contributed by atoms with van der Waals surface area (Å²) in [6.07, 6.45) is 6.22. The van der Waals surface area contributed by atoms with Crippen molar-refractivity contribution < 1.29 is 14.4 Å². The van der Waals surface area contributed by atoms with Crippen molar-refractivity contribution in [1.29, 1.82) is 0 Å². The van der Waals surface area contributed by atoms with E-state index >= 15 is 0 Å². The second-order valence-corrected chi connectivity index (χ2v) is 5.36. The van der Waals surface area contributed by atoms with E-state index in [0.29, 0.717) is 23.1 Å². The standard InChI is InChI=1S/C14H18N2O4/c17-16(18)12-7-14-13(19-9-20-14)6-11(12)15-8-10-4-2-1-3-5-10/h6-7,10,15H,1-5,8-9H2. The highest BCUT2D eigenvalue weighted by molar-refractivity contribution is 5.68. The fourth-order valence-corrected chi connectivity index (χ4v) is 2.87. The molecule has 1 fully saturated rings. The van der Waals surface area contributed by atoms with Gasteiger partial charge in [-0.1, -0.05) is 19.3 Å². The molecule has 0 amide bonds. The molecule has 0 aromatic heterocycles. The Morgan fingerprint density at radius 1 is 1.20 bits per heavy atom. The lowest BCUT2D eigenvalue weighted by Gasteiger charge is -2.22. The van der Waals surface area contributed by atoms with Crippen LogP contribution in [0.25, 0.3) is 0 Å². The van der Waals surface area contributed by atoms with Crippen LogP contribution in [0.4, 0.5) is 11.4 Å². The number of nitro benzene ring substituents is 1. The van der Waals surface area contributed by atoms with Gasteiger partial charge in [0.25, 0.3) is 5.69 Å². The van der Waals surface area contributed by atoms with Gasteiger partial charge >= 0.3 is 0 Å². The van der Waals surface area contributed by atoms with Gasteiger partial charge in [-0.2, -0.15) is 0 Å². The van der Waals surface area contributed by atoms with Crippen LogP contribution in [-0.2, 0) is 0 Å². The molecule has 3 rings (SSSR count). The Labute approximate surface area is 117 Å². The van der Waals surface area contributed by atoms with E-state index in [1.165, 1.54) is 38.2 Å². The quantitative estimate of drug-likeness (QED) is 0.675. The summed E-state index contributed by atoms with van der Waals surface area (Å²) in [7, 11) is 0. The van der Waals surface area contributed by atoms with Crippen molar-refractivity contribution in [2.45, 2.75) is 32.1 Å². The van der Waals surface area contributed by atoms with Crippen molar-refractivity contribution in [2.75, 3.05) is 18.7 Å². The van der Waals surface area contributed by atoms with E-state index in [1.54, 1.807) is 6.07 Å². The largest absolute Gasteiger partial charge is 0.454 e. The van der Waals surface area contributed by atoms with Gasteiger partial charge in [-0.05, 0) is 18.8 Å². The molecular formula is C14H18N2O4. The number of ether oxygens (including phenoxy) is 2. The summed E-state index contributed by atoms with van der Waals surface area (Å²) in [5.74, 6) is 1.62. The minimum absolute atomic E-state index is 0.0464. The van der Waals surface area contributed by atoms with Crippen LogP contribution >= 0.6 is 0 Å². The highest BCUT2D eigenvalue weighted by Gasteiger charge is 2.24. The Balaban J connectivity index is 1.75. The number of anilines is 1. The minimum atomic E-state index is -0.384. The molecule has 1 aliphatic carbocycles. The van der Waals surface area contributed by atoms with Gasteiger partial charge in [0.1, 0.15) is 5.69 Å². The van der Waals surface area contributed by atoms with E-state index in [0.717, 1.165) is 6.54 Å². The minimum Gasteiger partial charge on any atom is -0.454 e. The Bertz CT molecular complexity index is 512. The van der Waals surface area contributed by atoms with Crippen LogP contribution in [0.2, 0.25) is 0 Å². The average Bonchev–Trinajstić information content (AvgIpc) is 2.92. The SMILES string of the molecule is O=[N+]([O-])c1cc2c(cc1NCC1CCCCC1)OCO2. The third-order valence-electron chi connectivity index (χ3n) is 3.99. The third kappa shape index (κ3) is 2.64. The van der Waals surface area contributed by atoms with Crippen LogP contribution in [0.15, 0.2) is 12.1 Å². The normalized spacial score (nSPS) is 18.0. The number of nitrogens with one attached hydrogen (secondary N) is 1. The highest BCUT2D eigenvalue weighted by atomic mass is 16.7. The Kier molecular flexibility index (Phi) is 3.62. The summed E-state index contributed by atoms with van der Waals surface area (Å²) in [6.45, 7) is 0.902. The van der Waals surface area contributed by atoms with Gasteiger partial charge in [-0.25, -0.2) is 0 Å². The highest BCUT2D eigenvalue weighted by Crippen LogP contribution is 2.40. The lowest BCUT2D eigenvalue weighted by atomic mass is 9.89. The molecule has 6 nitrogen and oxygen atoms in total. The van der Waals surface area contributed by atoms with Crippen molar-refractivity contribution in [1.82, 2.24) is 0 Å². The maximum atomic E-state index is 11.1. The van der Waals surface area contributed by atoms with E-state index < -0.39 is 0 Å². The van der Waals surface area contributed by atoms with Crippen molar-refractivity contribution in [3.63, 3.8) is 0 Å². The number of hydrogen-bond donors (Lipinski definition) is 1. The summed E-state index contributed by atoms with van der Waals surface area (Å²) >= 11 is 0. The van der Waals surface area contributed by atoms with Gasteiger partial charge < -0.3 is 14.8 Å². The van der Waals surface area contributed by atoms with E-state index in [2.05, 4.69) is 5.32 Å². The van der Waals surface area contributed by atoms with Crippen LogP contribution in [0.1, 0.15) is 32.1 Å². The molecule has 0 saturated heterocycles. The number of benzene rings is 1. The molecular weight excluding hydrogens is 260 g/mol. The van der Waals surface area contributed by atoms with Gasteiger partial charge in [0.05, 0.1) is 11.0 Å². The second-order valence-electron chi connectivity index (χ2n) is 5.36. The lowest BCUT2D eigenvalue weighted by molar-refractivity contribution is -0.384. The Hall–Kier alpha value is -1.98. The van der Waals surface area contributed by atoms with E-state index in [4.69, 9.17) is 9.47 Å². The molecule has 0 radical (unpaired) electrons. The van der Waals surface area contributed by atoms with Crippen molar-refractivity contribution in [3.05, 3.63) is 22.2 Å². The summed E-state index contributed by atoms with van der Waals surface area (Å²) in [4.78, 5) is 10.8. The molecule has 1 N–H and O–H groups in total. The van der Waals surface area contributed by atoms with Crippen LogP contribution in [0.3, 0.4) is 0 Å². The van der Waals surface area contributed by atoms with Crippen LogP contribution in [0, 0.1) is 16.0 Å². The van der Waals surface area contributed by atoms with Crippen LogP contribution < -0.4 is 14.8 Å². The van der Waals surface area contributed by atoms with Gasteiger partial charge in [0.15, 0.2) is 11.5 Å². The molecule has 1 saturated carbocycles. The number of rotatable bonds is 4. The van der Waals surface area contributed by atoms with Crippen LogP contribution in [-0.4, -0.2) is 18.3 Å². The predicted molar refractivity (Wildman–Crippen MR) is 74.3 cm³/mol. The fraction of sp³-hybridized carbons (Fsp3) is 0.571. The van der Waals surface area contributed by atoms with Crippen molar-refractivity contribution >= 4 is 11.4 Å². The molecule has 0 unspecified atom stereocenters. The van der Waals surface area contributed by atoms with Gasteiger partial charge in [0, 0.05) is 12.6 Å². The first kappa shape index (κ1) is 13.0. The molecule has 1 heterocycles.